The molecule has 3 aromatic carbocycles. The van der Waals surface area contributed by atoms with Crippen LogP contribution < -0.4 is 36.2 Å². The number of nitrogens with one attached hydrogen (secondary N) is 4. The van der Waals surface area contributed by atoms with Crippen molar-refractivity contribution in [3.63, 3.8) is 0 Å². The molecule has 0 bridgehead atoms. The van der Waals surface area contributed by atoms with Crippen molar-refractivity contribution in [1.82, 2.24) is 25.1 Å². The quantitative estimate of drug-likeness (QED) is 0.115. The summed E-state index contributed by atoms with van der Waals surface area (Å²) >= 11 is 6.46. The number of benzene rings is 3. The van der Waals surface area contributed by atoms with E-state index in [0.717, 1.165) is 49.7 Å². The maximum atomic E-state index is 13.2. The van der Waals surface area contributed by atoms with Crippen LogP contribution in [-0.2, 0) is 20.7 Å². The van der Waals surface area contributed by atoms with Gasteiger partial charge in [0.05, 0.1) is 24.7 Å². The normalized spacial score (nSPS) is 17.6. The SMILES string of the molecule is COc1cc(N2CCN(CCNc3cccc4c3CN(C3CCC(=O)NC3=O)C4=O)CC2)ccc1Nc1ncc(Cl)c(Nc2ccccc2P(C)(C)=O)n1. The number of amides is 3. The van der Waals surface area contributed by atoms with E-state index in [0.29, 0.717) is 64.3 Å². The van der Waals surface area contributed by atoms with Crippen LogP contribution >= 0.6 is 18.7 Å². The van der Waals surface area contributed by atoms with Gasteiger partial charge >= 0.3 is 0 Å². The Balaban J connectivity index is 0.929. The van der Waals surface area contributed by atoms with Gasteiger partial charge in [-0.1, -0.05) is 29.8 Å². The first-order valence-corrected chi connectivity index (χ1v) is 20.8. The lowest BCUT2D eigenvalue weighted by atomic mass is 10.0. The molecule has 4 N–H and O–H groups in total. The van der Waals surface area contributed by atoms with E-state index < -0.39 is 19.1 Å². The molecule has 3 amide bonds. The van der Waals surface area contributed by atoms with Gasteiger partial charge in [-0.15, -0.1) is 0 Å². The number of hydrogen-bond acceptors (Lipinski definition) is 12. The number of aromatic nitrogens is 2. The number of hydrogen-bond donors (Lipinski definition) is 4. The summed E-state index contributed by atoms with van der Waals surface area (Å²) in [7, 11) is -0.928. The molecule has 3 aliphatic heterocycles. The summed E-state index contributed by atoms with van der Waals surface area (Å²) in [4.78, 5) is 52.6. The van der Waals surface area contributed by atoms with Gasteiger partial charge < -0.3 is 35.1 Å². The Kier molecular flexibility index (Phi) is 10.8. The standard InChI is InChI=1S/C38H43ClN9O5P/c1-53-32-21-24(11-12-29(32)43-38-41-22-27(39)35(45-38)42-30-8-4-5-10-33(30)54(2,3)52)47-19-17-46(18-20-47)16-15-40-28-9-6-7-25-26(28)23-48(37(25)51)31-13-14-34(49)44-36(31)50/h4-12,21-22,31,40H,13-20,23H2,1-3H3,(H,44,49,50)(H2,41,42,43,45). The molecule has 1 atom stereocenters. The molecule has 14 nitrogen and oxygen atoms in total. The number of piperazine rings is 1. The number of rotatable bonds is 12. The smallest absolute Gasteiger partial charge is 0.255 e. The number of carbonyl (C=O) groups is 3. The summed E-state index contributed by atoms with van der Waals surface area (Å²) in [5, 5.41) is 13.4. The van der Waals surface area contributed by atoms with Gasteiger partial charge in [0, 0.05) is 86.1 Å². The molecule has 2 saturated heterocycles. The van der Waals surface area contributed by atoms with Crippen molar-refractivity contribution < 1.29 is 23.7 Å². The first-order valence-electron chi connectivity index (χ1n) is 17.9. The molecule has 0 spiro atoms. The first kappa shape index (κ1) is 37.2. The molecular formula is C38H43ClN9O5P. The Bertz CT molecular complexity index is 2140. The molecule has 1 unspecified atom stereocenters. The van der Waals surface area contributed by atoms with E-state index in [1.165, 1.54) is 6.20 Å². The minimum Gasteiger partial charge on any atom is -0.494 e. The van der Waals surface area contributed by atoms with Crippen molar-refractivity contribution in [2.45, 2.75) is 25.4 Å². The number of ether oxygens (including phenoxy) is 1. The molecule has 0 aliphatic carbocycles. The second-order valence-corrected chi connectivity index (χ2v) is 17.5. The maximum absolute atomic E-state index is 13.2. The lowest BCUT2D eigenvalue weighted by Crippen LogP contribution is -2.52. The Morgan fingerprint density at radius 3 is 2.50 bits per heavy atom. The van der Waals surface area contributed by atoms with E-state index in [9.17, 15) is 18.9 Å². The number of anilines is 6. The lowest BCUT2D eigenvalue weighted by Gasteiger charge is -2.36. The highest BCUT2D eigenvalue weighted by Gasteiger charge is 2.39. The molecule has 54 heavy (non-hydrogen) atoms. The van der Waals surface area contributed by atoms with Crippen molar-refractivity contribution in [3.8, 4) is 5.75 Å². The fraction of sp³-hybridized carbons (Fsp3) is 0.342. The van der Waals surface area contributed by atoms with Crippen molar-refractivity contribution in [1.29, 1.82) is 0 Å². The maximum Gasteiger partial charge on any atom is 0.255 e. The third-order valence-electron chi connectivity index (χ3n) is 9.98. The van der Waals surface area contributed by atoms with Gasteiger partial charge in [-0.2, -0.15) is 4.98 Å². The Morgan fingerprint density at radius 2 is 1.74 bits per heavy atom. The molecule has 1 aromatic heterocycles. The highest BCUT2D eigenvalue weighted by atomic mass is 35.5. The molecule has 3 aliphatic rings. The predicted molar refractivity (Wildman–Crippen MR) is 212 cm³/mol. The van der Waals surface area contributed by atoms with E-state index in [1.807, 2.05) is 54.6 Å². The van der Waals surface area contributed by atoms with E-state index in [4.69, 9.17) is 16.3 Å². The molecule has 282 valence electrons. The molecule has 16 heteroatoms. The van der Waals surface area contributed by atoms with Gasteiger partial charge in [-0.05, 0) is 56.1 Å². The number of nitrogens with zero attached hydrogens (tertiary/aromatic N) is 5. The molecule has 2 fully saturated rings. The average Bonchev–Trinajstić information content (AvgIpc) is 3.49. The van der Waals surface area contributed by atoms with Crippen LogP contribution in [-0.4, -0.2) is 103 Å². The monoisotopic (exact) mass is 771 g/mol. The van der Waals surface area contributed by atoms with Crippen molar-refractivity contribution in [2.24, 2.45) is 0 Å². The summed E-state index contributed by atoms with van der Waals surface area (Å²) in [6, 6.07) is 18.4. The van der Waals surface area contributed by atoms with Crippen LogP contribution in [0.3, 0.4) is 0 Å². The number of piperidine rings is 1. The number of imide groups is 1. The number of methoxy groups -OCH3 is 1. The van der Waals surface area contributed by atoms with Gasteiger partial charge in [0.15, 0.2) is 5.82 Å². The minimum absolute atomic E-state index is 0.176. The van der Waals surface area contributed by atoms with Gasteiger partial charge in [-0.3, -0.25) is 24.6 Å². The zero-order chi connectivity index (χ0) is 38.0. The van der Waals surface area contributed by atoms with E-state index in [-0.39, 0.29) is 18.2 Å². The zero-order valence-electron chi connectivity index (χ0n) is 30.4. The minimum atomic E-state index is -2.55. The molecular weight excluding hydrogens is 729 g/mol. The van der Waals surface area contributed by atoms with E-state index >= 15 is 0 Å². The molecule has 4 heterocycles. The third kappa shape index (κ3) is 8.01. The van der Waals surface area contributed by atoms with Gasteiger partial charge in [0.25, 0.3) is 5.91 Å². The molecule has 7 rings (SSSR count). The highest BCUT2D eigenvalue weighted by Crippen LogP contribution is 2.39. The van der Waals surface area contributed by atoms with Crippen LogP contribution in [0.15, 0.2) is 66.9 Å². The fourth-order valence-electron chi connectivity index (χ4n) is 7.12. The largest absolute Gasteiger partial charge is 0.494 e. The van der Waals surface area contributed by atoms with Gasteiger partial charge in [-0.25, -0.2) is 4.98 Å². The van der Waals surface area contributed by atoms with E-state index in [2.05, 4.69) is 41.0 Å². The van der Waals surface area contributed by atoms with Crippen LogP contribution in [0.1, 0.15) is 28.8 Å². The summed E-state index contributed by atoms with van der Waals surface area (Å²) in [5.41, 5.74) is 4.78. The lowest BCUT2D eigenvalue weighted by molar-refractivity contribution is -0.136. The summed E-state index contributed by atoms with van der Waals surface area (Å²) in [5.74, 6) is 0.466. The van der Waals surface area contributed by atoms with Crippen LogP contribution in [0.2, 0.25) is 5.02 Å². The summed E-state index contributed by atoms with van der Waals surface area (Å²) in [6.45, 7) is 8.74. The summed E-state index contributed by atoms with van der Waals surface area (Å²) in [6.07, 6.45) is 2.08. The molecule has 0 saturated carbocycles. The van der Waals surface area contributed by atoms with E-state index in [1.54, 1.807) is 31.4 Å². The fourth-order valence-corrected chi connectivity index (χ4v) is 8.42. The number of carbonyl (C=O) groups excluding carboxylic acids is 3. The van der Waals surface area contributed by atoms with Crippen LogP contribution in [0.5, 0.6) is 5.75 Å². The first-order chi connectivity index (χ1) is 26.0. The second-order valence-electron chi connectivity index (χ2n) is 13.9. The van der Waals surface area contributed by atoms with Gasteiger partial charge in [0.1, 0.15) is 24.0 Å². The Hall–Kier alpha value is -5.17. The van der Waals surface area contributed by atoms with Crippen molar-refractivity contribution in [3.05, 3.63) is 83.0 Å². The van der Waals surface area contributed by atoms with Gasteiger partial charge in [0.2, 0.25) is 17.8 Å². The van der Waals surface area contributed by atoms with Crippen LogP contribution in [0.25, 0.3) is 0 Å². The number of para-hydroxylation sites is 1. The number of halogens is 1. The van der Waals surface area contributed by atoms with Crippen molar-refractivity contribution >= 4 is 76.3 Å². The summed E-state index contributed by atoms with van der Waals surface area (Å²) < 4.78 is 18.6. The topological polar surface area (TPSA) is 161 Å². The predicted octanol–water partition coefficient (Wildman–Crippen LogP) is 4.87. The third-order valence-corrected chi connectivity index (χ3v) is 11.8. The zero-order valence-corrected chi connectivity index (χ0v) is 32.0. The molecule has 4 aromatic rings. The average molecular weight is 772 g/mol. The Labute approximate surface area is 319 Å². The van der Waals surface area contributed by atoms with Crippen molar-refractivity contribution in [2.75, 3.05) is 80.6 Å². The molecule has 0 radical (unpaired) electrons. The van der Waals surface area contributed by atoms with Crippen LogP contribution in [0.4, 0.5) is 34.5 Å². The van der Waals surface area contributed by atoms with Crippen LogP contribution in [0, 0.1) is 0 Å². The second kappa shape index (κ2) is 15.7. The number of fused-ring (bicyclic) bond motifs is 1. The Morgan fingerprint density at radius 1 is 0.963 bits per heavy atom. The highest BCUT2D eigenvalue weighted by molar-refractivity contribution is 7.70.